The fourth-order valence-electron chi connectivity index (χ4n) is 3.25. The van der Waals surface area contributed by atoms with Crippen LogP contribution in [0.3, 0.4) is 0 Å². The maximum absolute atomic E-state index is 12.9. The van der Waals surface area contributed by atoms with Crippen molar-refractivity contribution >= 4 is 23.1 Å². The second kappa shape index (κ2) is 8.14. The molecule has 0 atom stereocenters. The molecule has 3 aromatic rings. The molecule has 0 saturated carbocycles. The number of aromatic nitrogens is 3. The van der Waals surface area contributed by atoms with Gasteiger partial charge in [0.05, 0.1) is 36.1 Å². The SMILES string of the molecule is CN1CCCCOc2ccccc2-c2cnc(N)c(n2)C(=O)Nc2cnccc21. The molecule has 1 aliphatic rings. The van der Waals surface area contributed by atoms with Crippen LogP contribution in [0.5, 0.6) is 5.75 Å². The van der Waals surface area contributed by atoms with Crippen molar-refractivity contribution in [1.82, 2.24) is 15.0 Å². The van der Waals surface area contributed by atoms with Crippen molar-refractivity contribution in [3.8, 4) is 17.0 Å². The van der Waals surface area contributed by atoms with E-state index >= 15 is 0 Å². The first-order chi connectivity index (χ1) is 14.1. The van der Waals surface area contributed by atoms with Gasteiger partial charge in [0.15, 0.2) is 11.5 Å². The summed E-state index contributed by atoms with van der Waals surface area (Å²) in [4.78, 5) is 27.8. The van der Waals surface area contributed by atoms with E-state index in [0.717, 1.165) is 30.6 Å². The number of para-hydroxylation sites is 1. The predicted molar refractivity (Wildman–Crippen MR) is 112 cm³/mol. The molecule has 0 spiro atoms. The number of rotatable bonds is 0. The highest BCUT2D eigenvalue weighted by atomic mass is 16.5. The van der Waals surface area contributed by atoms with E-state index in [1.165, 1.54) is 0 Å². The number of hydrogen-bond donors (Lipinski definition) is 2. The molecule has 1 aromatic carbocycles. The molecule has 0 fully saturated rings. The number of benzene rings is 1. The molecular weight excluding hydrogens is 368 g/mol. The van der Waals surface area contributed by atoms with Crippen molar-refractivity contribution < 1.29 is 9.53 Å². The van der Waals surface area contributed by atoms with E-state index in [0.29, 0.717) is 23.7 Å². The van der Waals surface area contributed by atoms with Crippen LogP contribution in [0, 0.1) is 0 Å². The Labute approximate surface area is 168 Å². The van der Waals surface area contributed by atoms with Gasteiger partial charge in [-0.15, -0.1) is 0 Å². The van der Waals surface area contributed by atoms with Crippen molar-refractivity contribution in [1.29, 1.82) is 0 Å². The minimum Gasteiger partial charge on any atom is -0.493 e. The average Bonchev–Trinajstić information content (AvgIpc) is 2.74. The Morgan fingerprint density at radius 1 is 1.17 bits per heavy atom. The van der Waals surface area contributed by atoms with Crippen molar-refractivity contribution in [3.63, 3.8) is 0 Å². The van der Waals surface area contributed by atoms with E-state index in [4.69, 9.17) is 10.5 Å². The highest BCUT2D eigenvalue weighted by Crippen LogP contribution is 2.30. The van der Waals surface area contributed by atoms with Gasteiger partial charge in [-0.3, -0.25) is 9.78 Å². The second-order valence-electron chi connectivity index (χ2n) is 6.81. The lowest BCUT2D eigenvalue weighted by Gasteiger charge is -2.22. The van der Waals surface area contributed by atoms with Gasteiger partial charge < -0.3 is 20.7 Å². The maximum Gasteiger partial charge on any atom is 0.278 e. The number of carbonyl (C=O) groups excluding carboxylic acids is 1. The summed E-state index contributed by atoms with van der Waals surface area (Å²) < 4.78 is 5.99. The lowest BCUT2D eigenvalue weighted by Crippen LogP contribution is -2.23. The molecule has 4 rings (SSSR count). The summed E-state index contributed by atoms with van der Waals surface area (Å²) in [6.07, 6.45) is 6.70. The molecule has 2 bridgehead atoms. The van der Waals surface area contributed by atoms with Crippen LogP contribution in [-0.2, 0) is 0 Å². The first-order valence-corrected chi connectivity index (χ1v) is 9.44. The molecule has 0 radical (unpaired) electrons. The lowest BCUT2D eigenvalue weighted by atomic mass is 10.1. The van der Waals surface area contributed by atoms with E-state index in [1.807, 2.05) is 37.4 Å². The van der Waals surface area contributed by atoms with Crippen LogP contribution in [0.4, 0.5) is 17.2 Å². The first-order valence-electron chi connectivity index (χ1n) is 9.44. The molecule has 8 heteroatoms. The zero-order valence-corrected chi connectivity index (χ0v) is 16.1. The van der Waals surface area contributed by atoms with Crippen LogP contribution in [0.25, 0.3) is 11.3 Å². The summed E-state index contributed by atoms with van der Waals surface area (Å²) in [5.74, 6) is 0.328. The standard InChI is InChI=1S/C21H22N6O2/c1-27-10-4-5-11-29-18-7-3-2-6-14(18)15-13-24-20(22)19(25-15)21(28)26-16-12-23-9-8-17(16)27/h2-3,6-9,12-13H,4-5,10-11H2,1H3,(H2,22,24)(H,26,28). The molecule has 29 heavy (non-hydrogen) atoms. The number of nitrogen functional groups attached to an aromatic ring is 1. The number of ether oxygens (including phenoxy) is 1. The van der Waals surface area contributed by atoms with Gasteiger partial charge in [-0.1, -0.05) is 12.1 Å². The van der Waals surface area contributed by atoms with Gasteiger partial charge in [-0.2, -0.15) is 0 Å². The van der Waals surface area contributed by atoms with Gasteiger partial charge in [0.25, 0.3) is 5.91 Å². The Morgan fingerprint density at radius 2 is 2.03 bits per heavy atom. The number of nitrogens with one attached hydrogen (secondary N) is 1. The summed E-state index contributed by atoms with van der Waals surface area (Å²) in [6.45, 7) is 1.40. The number of fused-ring (bicyclic) bond motifs is 5. The summed E-state index contributed by atoms with van der Waals surface area (Å²) in [5.41, 5.74) is 8.78. The highest BCUT2D eigenvalue weighted by Gasteiger charge is 2.19. The molecule has 0 unspecified atom stereocenters. The minimum atomic E-state index is -0.437. The van der Waals surface area contributed by atoms with Crippen LogP contribution >= 0.6 is 0 Å². The van der Waals surface area contributed by atoms with Gasteiger partial charge in [-0.25, -0.2) is 9.97 Å². The largest absolute Gasteiger partial charge is 0.493 e. The van der Waals surface area contributed by atoms with Crippen LogP contribution < -0.4 is 20.7 Å². The number of anilines is 3. The van der Waals surface area contributed by atoms with Gasteiger partial charge in [-0.05, 0) is 31.0 Å². The van der Waals surface area contributed by atoms with Crippen molar-refractivity contribution in [2.45, 2.75) is 12.8 Å². The lowest BCUT2D eigenvalue weighted by molar-refractivity contribution is 0.102. The normalized spacial score (nSPS) is 14.5. The van der Waals surface area contributed by atoms with Crippen LogP contribution in [0.1, 0.15) is 23.3 Å². The fourth-order valence-corrected chi connectivity index (χ4v) is 3.25. The molecule has 1 amide bonds. The number of nitrogens with two attached hydrogens (primary N) is 1. The molecule has 0 aliphatic carbocycles. The monoisotopic (exact) mass is 390 g/mol. The van der Waals surface area contributed by atoms with Gasteiger partial charge in [0, 0.05) is 25.4 Å². The molecular formula is C21H22N6O2. The van der Waals surface area contributed by atoms with E-state index in [1.54, 1.807) is 18.6 Å². The number of pyridine rings is 1. The third-order valence-electron chi connectivity index (χ3n) is 4.78. The summed E-state index contributed by atoms with van der Waals surface area (Å²) in [6, 6.07) is 9.44. The van der Waals surface area contributed by atoms with E-state index in [2.05, 4.69) is 25.2 Å². The maximum atomic E-state index is 12.9. The quantitative estimate of drug-likeness (QED) is 0.608. The number of nitrogens with zero attached hydrogens (tertiary/aromatic N) is 4. The van der Waals surface area contributed by atoms with E-state index in [-0.39, 0.29) is 11.5 Å². The van der Waals surface area contributed by atoms with E-state index in [9.17, 15) is 4.79 Å². The average molecular weight is 390 g/mol. The Hall–Kier alpha value is -3.68. The fraction of sp³-hybridized carbons (Fsp3) is 0.238. The Balaban J connectivity index is 1.79. The summed E-state index contributed by atoms with van der Waals surface area (Å²) >= 11 is 0. The van der Waals surface area contributed by atoms with Gasteiger partial charge in [0.1, 0.15) is 5.75 Å². The Kier molecular flexibility index (Phi) is 5.24. The molecule has 0 saturated heterocycles. The highest BCUT2D eigenvalue weighted by molar-refractivity contribution is 6.07. The third-order valence-corrected chi connectivity index (χ3v) is 4.78. The molecule has 148 valence electrons. The minimum absolute atomic E-state index is 0.0598. The molecule has 3 N–H and O–H groups in total. The third kappa shape index (κ3) is 3.96. The van der Waals surface area contributed by atoms with Crippen LogP contribution in [-0.4, -0.2) is 41.1 Å². The molecule has 3 heterocycles. The van der Waals surface area contributed by atoms with Crippen molar-refractivity contribution in [2.75, 3.05) is 36.1 Å². The van der Waals surface area contributed by atoms with E-state index < -0.39 is 5.91 Å². The van der Waals surface area contributed by atoms with Crippen LogP contribution in [0.2, 0.25) is 0 Å². The Bertz CT molecular complexity index is 1040. The summed E-state index contributed by atoms with van der Waals surface area (Å²) in [5, 5.41) is 2.88. The second-order valence-corrected chi connectivity index (χ2v) is 6.81. The van der Waals surface area contributed by atoms with Gasteiger partial charge in [0.2, 0.25) is 0 Å². The molecule has 8 nitrogen and oxygen atoms in total. The number of hydrogen-bond acceptors (Lipinski definition) is 7. The smallest absolute Gasteiger partial charge is 0.278 e. The number of carbonyl (C=O) groups is 1. The zero-order valence-electron chi connectivity index (χ0n) is 16.1. The molecule has 1 aliphatic heterocycles. The topological polar surface area (TPSA) is 106 Å². The predicted octanol–water partition coefficient (Wildman–Crippen LogP) is 2.98. The molecule has 2 aromatic heterocycles. The van der Waals surface area contributed by atoms with Gasteiger partial charge >= 0.3 is 0 Å². The zero-order chi connectivity index (χ0) is 20.2. The first kappa shape index (κ1) is 18.7. The van der Waals surface area contributed by atoms with Crippen molar-refractivity contribution in [2.24, 2.45) is 0 Å². The summed E-state index contributed by atoms with van der Waals surface area (Å²) in [7, 11) is 1.98. The van der Waals surface area contributed by atoms with Crippen molar-refractivity contribution in [3.05, 3.63) is 54.6 Å². The Morgan fingerprint density at radius 3 is 2.93 bits per heavy atom. The van der Waals surface area contributed by atoms with Crippen LogP contribution in [0.15, 0.2) is 48.9 Å². The number of amides is 1.